The number of hydrogen-bond acceptors (Lipinski definition) is 5. The zero-order valence-electron chi connectivity index (χ0n) is 10.9. The van der Waals surface area contributed by atoms with Gasteiger partial charge in [0.15, 0.2) is 11.5 Å². The van der Waals surface area contributed by atoms with Crippen LogP contribution >= 0.6 is 0 Å². The second-order valence-corrected chi connectivity index (χ2v) is 4.10. The van der Waals surface area contributed by atoms with E-state index in [2.05, 4.69) is 5.10 Å². The number of benzene rings is 1. The summed E-state index contributed by atoms with van der Waals surface area (Å²) in [6, 6.07) is 1.92. The summed E-state index contributed by atoms with van der Waals surface area (Å²) < 4.78 is 16.2. The predicted molar refractivity (Wildman–Crippen MR) is 69.8 cm³/mol. The fraction of sp³-hybridized carbons (Fsp3) is 0.462. The van der Waals surface area contributed by atoms with Gasteiger partial charge in [-0.15, -0.1) is 0 Å². The van der Waals surface area contributed by atoms with Crippen molar-refractivity contribution in [2.75, 3.05) is 21.3 Å². The molecule has 1 aliphatic rings. The molecule has 0 fully saturated rings. The first-order valence-corrected chi connectivity index (χ1v) is 5.85. The molecule has 0 radical (unpaired) electrons. The summed E-state index contributed by atoms with van der Waals surface area (Å²) in [5.74, 6) is 7.42. The second-order valence-electron chi connectivity index (χ2n) is 4.10. The molecule has 1 aromatic rings. The summed E-state index contributed by atoms with van der Waals surface area (Å²) in [4.78, 5) is 0. The van der Waals surface area contributed by atoms with E-state index in [0.29, 0.717) is 17.2 Å². The molecule has 5 nitrogen and oxygen atoms in total. The van der Waals surface area contributed by atoms with Crippen molar-refractivity contribution in [3.8, 4) is 17.2 Å². The lowest BCUT2D eigenvalue weighted by atomic mass is 9.88. The van der Waals surface area contributed by atoms with Gasteiger partial charge in [-0.3, -0.25) is 0 Å². The third kappa shape index (κ3) is 1.85. The third-order valence-electron chi connectivity index (χ3n) is 3.24. The molecule has 0 saturated heterocycles. The monoisotopic (exact) mass is 250 g/mol. The van der Waals surface area contributed by atoms with Crippen molar-refractivity contribution in [3.05, 3.63) is 17.2 Å². The van der Waals surface area contributed by atoms with E-state index < -0.39 is 0 Å². The van der Waals surface area contributed by atoms with Crippen LogP contribution in [-0.4, -0.2) is 27.0 Å². The van der Waals surface area contributed by atoms with Gasteiger partial charge < -0.3 is 20.1 Å². The van der Waals surface area contributed by atoms with E-state index >= 15 is 0 Å². The van der Waals surface area contributed by atoms with Crippen molar-refractivity contribution in [1.82, 2.24) is 0 Å². The Kier molecular flexibility index (Phi) is 3.60. The van der Waals surface area contributed by atoms with E-state index in [-0.39, 0.29) is 0 Å². The first-order valence-electron chi connectivity index (χ1n) is 5.85. The van der Waals surface area contributed by atoms with Gasteiger partial charge in [0.25, 0.3) is 0 Å². The molecule has 98 valence electrons. The van der Waals surface area contributed by atoms with E-state index in [9.17, 15) is 0 Å². The topological polar surface area (TPSA) is 66.1 Å². The van der Waals surface area contributed by atoms with Crippen LogP contribution in [0.5, 0.6) is 17.2 Å². The van der Waals surface area contributed by atoms with Crippen molar-refractivity contribution in [2.45, 2.75) is 19.3 Å². The van der Waals surface area contributed by atoms with Crippen molar-refractivity contribution >= 4 is 5.71 Å². The number of rotatable bonds is 3. The highest BCUT2D eigenvalue weighted by Gasteiger charge is 2.25. The predicted octanol–water partition coefficient (Wildman–Crippen LogP) is 1.71. The molecule has 2 N–H and O–H groups in total. The van der Waals surface area contributed by atoms with Gasteiger partial charge in [0, 0.05) is 11.1 Å². The molecule has 0 amide bonds. The van der Waals surface area contributed by atoms with Crippen LogP contribution in [0.2, 0.25) is 0 Å². The Morgan fingerprint density at radius 3 is 2.33 bits per heavy atom. The fourth-order valence-corrected chi connectivity index (χ4v) is 2.42. The molecule has 0 unspecified atom stereocenters. The average molecular weight is 250 g/mol. The van der Waals surface area contributed by atoms with Gasteiger partial charge in [-0.2, -0.15) is 5.10 Å². The van der Waals surface area contributed by atoms with Gasteiger partial charge in [-0.25, -0.2) is 0 Å². The molecule has 1 aliphatic carbocycles. The maximum Gasteiger partial charge on any atom is 0.203 e. The highest BCUT2D eigenvalue weighted by atomic mass is 16.5. The molecule has 0 bridgehead atoms. The van der Waals surface area contributed by atoms with E-state index in [1.165, 1.54) is 0 Å². The van der Waals surface area contributed by atoms with Crippen LogP contribution in [0.4, 0.5) is 0 Å². The summed E-state index contributed by atoms with van der Waals surface area (Å²) in [5, 5.41) is 3.86. The Hall–Kier alpha value is -1.91. The minimum Gasteiger partial charge on any atom is -0.493 e. The number of nitrogens with two attached hydrogens (primary N) is 1. The van der Waals surface area contributed by atoms with E-state index in [0.717, 1.165) is 36.1 Å². The van der Waals surface area contributed by atoms with Crippen LogP contribution in [-0.2, 0) is 6.42 Å². The zero-order valence-corrected chi connectivity index (χ0v) is 10.9. The number of nitrogens with zero attached hydrogens (tertiary/aromatic N) is 1. The minimum absolute atomic E-state index is 0.622. The van der Waals surface area contributed by atoms with Gasteiger partial charge >= 0.3 is 0 Å². The van der Waals surface area contributed by atoms with E-state index in [1.807, 2.05) is 6.07 Å². The second kappa shape index (κ2) is 5.16. The van der Waals surface area contributed by atoms with Crippen molar-refractivity contribution in [3.63, 3.8) is 0 Å². The first-order chi connectivity index (χ1) is 8.76. The zero-order chi connectivity index (χ0) is 13.1. The van der Waals surface area contributed by atoms with Crippen LogP contribution in [0.1, 0.15) is 24.0 Å². The lowest BCUT2D eigenvalue weighted by Crippen LogP contribution is -2.15. The molecule has 0 aromatic heterocycles. The molecule has 0 aliphatic heterocycles. The summed E-state index contributed by atoms with van der Waals surface area (Å²) in [5.41, 5.74) is 2.97. The van der Waals surface area contributed by atoms with Gasteiger partial charge in [0.1, 0.15) is 0 Å². The first kappa shape index (κ1) is 12.5. The maximum absolute atomic E-state index is 5.47. The largest absolute Gasteiger partial charge is 0.493 e. The number of fused-ring (bicyclic) bond motifs is 1. The number of hydrazone groups is 1. The van der Waals surface area contributed by atoms with Crippen molar-refractivity contribution in [1.29, 1.82) is 0 Å². The highest BCUT2D eigenvalue weighted by molar-refractivity contribution is 6.04. The van der Waals surface area contributed by atoms with E-state index in [1.54, 1.807) is 21.3 Å². The summed E-state index contributed by atoms with van der Waals surface area (Å²) in [6.07, 6.45) is 2.81. The molecule has 0 saturated carbocycles. The number of ether oxygens (including phenoxy) is 3. The maximum atomic E-state index is 5.47. The lowest BCUT2D eigenvalue weighted by molar-refractivity contribution is 0.321. The minimum atomic E-state index is 0.622. The Labute approximate surface area is 107 Å². The van der Waals surface area contributed by atoms with Crippen LogP contribution < -0.4 is 20.1 Å². The average Bonchev–Trinajstić information content (AvgIpc) is 2.44. The standard InChI is InChI=1S/C13H18N2O3/c1-16-11-7-9-8(5-4-6-10(9)15-14)12(17-2)13(11)18-3/h7H,4-6,14H2,1-3H3. The summed E-state index contributed by atoms with van der Waals surface area (Å²) in [7, 11) is 4.84. The van der Waals surface area contributed by atoms with Gasteiger partial charge in [0.05, 0.1) is 27.0 Å². The molecule has 5 heteroatoms. The molecule has 18 heavy (non-hydrogen) atoms. The molecule has 0 spiro atoms. The quantitative estimate of drug-likeness (QED) is 0.655. The Balaban J connectivity index is 2.70. The third-order valence-corrected chi connectivity index (χ3v) is 3.24. The van der Waals surface area contributed by atoms with Gasteiger partial charge in [-0.1, -0.05) is 0 Å². The SMILES string of the molecule is COc1cc2c(c(OC)c1OC)CCCC2=NN. The number of methoxy groups -OCH3 is 3. The molecular formula is C13H18N2O3. The Morgan fingerprint density at radius 2 is 1.78 bits per heavy atom. The molecule has 1 aromatic carbocycles. The summed E-state index contributed by atoms with van der Waals surface area (Å²) in [6.45, 7) is 0. The highest BCUT2D eigenvalue weighted by Crippen LogP contribution is 2.44. The van der Waals surface area contributed by atoms with Crippen molar-refractivity contribution < 1.29 is 14.2 Å². The normalized spacial score (nSPS) is 16.3. The lowest BCUT2D eigenvalue weighted by Gasteiger charge is -2.23. The Bertz CT molecular complexity index is 484. The van der Waals surface area contributed by atoms with Crippen LogP contribution in [0.15, 0.2) is 11.2 Å². The van der Waals surface area contributed by atoms with Gasteiger partial charge in [0.2, 0.25) is 5.75 Å². The molecule has 0 atom stereocenters. The van der Waals surface area contributed by atoms with Crippen LogP contribution in [0.25, 0.3) is 0 Å². The smallest absolute Gasteiger partial charge is 0.203 e. The summed E-state index contributed by atoms with van der Waals surface area (Å²) >= 11 is 0. The fourth-order valence-electron chi connectivity index (χ4n) is 2.42. The molecule has 0 heterocycles. The number of hydrogen-bond donors (Lipinski definition) is 1. The van der Waals surface area contributed by atoms with Gasteiger partial charge in [-0.05, 0) is 25.3 Å². The molecule has 2 rings (SSSR count). The van der Waals surface area contributed by atoms with Crippen LogP contribution in [0, 0.1) is 0 Å². The Morgan fingerprint density at radius 1 is 1.06 bits per heavy atom. The van der Waals surface area contributed by atoms with Crippen molar-refractivity contribution in [2.24, 2.45) is 10.9 Å². The van der Waals surface area contributed by atoms with Crippen LogP contribution in [0.3, 0.4) is 0 Å². The molecular weight excluding hydrogens is 232 g/mol. The van der Waals surface area contributed by atoms with E-state index in [4.69, 9.17) is 20.1 Å².